The molecule has 0 aliphatic rings. The molecule has 1 aromatic carbocycles. The SMILES string of the molecule is COc1cc(CN)c(C)c(C)c1OC. The maximum Gasteiger partial charge on any atom is 0.163 e. The Balaban J connectivity index is 3.38. The van der Waals surface area contributed by atoms with E-state index in [1.165, 1.54) is 5.56 Å². The first-order chi connectivity index (χ1) is 6.65. The molecule has 14 heavy (non-hydrogen) atoms. The second kappa shape index (κ2) is 4.33. The maximum atomic E-state index is 5.64. The van der Waals surface area contributed by atoms with Gasteiger partial charge in [-0.1, -0.05) is 0 Å². The van der Waals surface area contributed by atoms with E-state index in [-0.39, 0.29) is 0 Å². The third-order valence-corrected chi connectivity index (χ3v) is 2.56. The fraction of sp³-hybridized carbons (Fsp3) is 0.455. The van der Waals surface area contributed by atoms with E-state index in [1.54, 1.807) is 14.2 Å². The molecule has 0 radical (unpaired) electrons. The van der Waals surface area contributed by atoms with Crippen LogP contribution in [0.15, 0.2) is 6.07 Å². The van der Waals surface area contributed by atoms with Gasteiger partial charge in [0.1, 0.15) is 0 Å². The Bertz CT molecular complexity index is 335. The number of hydrogen-bond donors (Lipinski definition) is 1. The van der Waals surface area contributed by atoms with Gasteiger partial charge in [-0.15, -0.1) is 0 Å². The van der Waals surface area contributed by atoms with E-state index in [1.807, 2.05) is 19.9 Å². The molecular formula is C11H17NO2. The van der Waals surface area contributed by atoms with Gasteiger partial charge in [0, 0.05) is 6.54 Å². The maximum absolute atomic E-state index is 5.64. The normalized spacial score (nSPS) is 10.1. The summed E-state index contributed by atoms with van der Waals surface area (Å²) < 4.78 is 10.5. The molecule has 0 bridgehead atoms. The molecule has 0 aliphatic heterocycles. The lowest BCUT2D eigenvalue weighted by Crippen LogP contribution is -2.03. The first-order valence-electron chi connectivity index (χ1n) is 4.56. The third kappa shape index (κ3) is 1.68. The Morgan fingerprint density at radius 1 is 1.14 bits per heavy atom. The van der Waals surface area contributed by atoms with Crippen molar-refractivity contribution in [3.63, 3.8) is 0 Å². The molecule has 0 saturated carbocycles. The molecule has 0 spiro atoms. The average Bonchev–Trinajstić information content (AvgIpc) is 2.21. The summed E-state index contributed by atoms with van der Waals surface area (Å²) in [5.74, 6) is 1.54. The number of rotatable bonds is 3. The van der Waals surface area contributed by atoms with Crippen LogP contribution in [0.3, 0.4) is 0 Å². The molecule has 78 valence electrons. The smallest absolute Gasteiger partial charge is 0.163 e. The predicted molar refractivity (Wildman–Crippen MR) is 56.9 cm³/mol. The summed E-state index contributed by atoms with van der Waals surface area (Å²) in [6.07, 6.45) is 0. The van der Waals surface area contributed by atoms with Gasteiger partial charge in [0.15, 0.2) is 11.5 Å². The summed E-state index contributed by atoms with van der Waals surface area (Å²) in [4.78, 5) is 0. The molecule has 0 fully saturated rings. The van der Waals surface area contributed by atoms with Crippen LogP contribution in [-0.4, -0.2) is 14.2 Å². The summed E-state index contributed by atoms with van der Waals surface area (Å²) in [7, 11) is 3.28. The zero-order valence-electron chi connectivity index (χ0n) is 9.18. The van der Waals surface area contributed by atoms with Crippen LogP contribution in [0.25, 0.3) is 0 Å². The Kier molecular flexibility index (Phi) is 3.36. The highest BCUT2D eigenvalue weighted by Crippen LogP contribution is 2.34. The molecule has 2 N–H and O–H groups in total. The first kappa shape index (κ1) is 10.9. The van der Waals surface area contributed by atoms with Crippen LogP contribution < -0.4 is 15.2 Å². The van der Waals surface area contributed by atoms with Crippen LogP contribution in [0.5, 0.6) is 11.5 Å². The van der Waals surface area contributed by atoms with E-state index in [2.05, 4.69) is 0 Å². The molecule has 0 amide bonds. The highest BCUT2D eigenvalue weighted by Gasteiger charge is 2.12. The van der Waals surface area contributed by atoms with Crippen molar-refractivity contribution >= 4 is 0 Å². The lowest BCUT2D eigenvalue weighted by molar-refractivity contribution is 0.352. The minimum absolute atomic E-state index is 0.521. The molecule has 0 aromatic heterocycles. The quantitative estimate of drug-likeness (QED) is 0.799. The van der Waals surface area contributed by atoms with Gasteiger partial charge in [-0.05, 0) is 36.6 Å². The Labute approximate surface area is 84.8 Å². The van der Waals surface area contributed by atoms with Crippen LogP contribution in [0.1, 0.15) is 16.7 Å². The summed E-state index contributed by atoms with van der Waals surface area (Å²) in [6, 6.07) is 1.93. The Morgan fingerprint density at radius 2 is 1.79 bits per heavy atom. The molecular weight excluding hydrogens is 178 g/mol. The van der Waals surface area contributed by atoms with E-state index in [0.717, 1.165) is 22.6 Å². The summed E-state index contributed by atoms with van der Waals surface area (Å²) in [5, 5.41) is 0. The molecule has 0 atom stereocenters. The van der Waals surface area contributed by atoms with Crippen molar-refractivity contribution in [2.24, 2.45) is 5.73 Å². The fourth-order valence-corrected chi connectivity index (χ4v) is 1.55. The average molecular weight is 195 g/mol. The first-order valence-corrected chi connectivity index (χ1v) is 4.56. The van der Waals surface area contributed by atoms with Crippen molar-refractivity contribution < 1.29 is 9.47 Å². The van der Waals surface area contributed by atoms with Gasteiger partial charge in [0.25, 0.3) is 0 Å². The van der Waals surface area contributed by atoms with Gasteiger partial charge in [-0.3, -0.25) is 0 Å². The van der Waals surface area contributed by atoms with E-state index in [9.17, 15) is 0 Å². The standard InChI is InChI=1S/C11H17NO2/c1-7-8(2)11(14-4)10(13-3)5-9(7)6-12/h5H,6,12H2,1-4H3. The third-order valence-electron chi connectivity index (χ3n) is 2.56. The van der Waals surface area contributed by atoms with Gasteiger partial charge in [-0.2, -0.15) is 0 Å². The van der Waals surface area contributed by atoms with E-state index in [4.69, 9.17) is 15.2 Å². The van der Waals surface area contributed by atoms with E-state index in [0.29, 0.717) is 6.54 Å². The lowest BCUT2D eigenvalue weighted by atomic mass is 10.0. The van der Waals surface area contributed by atoms with Crippen LogP contribution >= 0.6 is 0 Å². The molecule has 1 rings (SSSR count). The topological polar surface area (TPSA) is 44.5 Å². The molecule has 0 heterocycles. The monoisotopic (exact) mass is 195 g/mol. The summed E-state index contributed by atoms with van der Waals surface area (Å²) in [6.45, 7) is 4.57. The molecule has 1 aromatic rings. The molecule has 0 unspecified atom stereocenters. The highest BCUT2D eigenvalue weighted by molar-refractivity contribution is 5.53. The van der Waals surface area contributed by atoms with E-state index >= 15 is 0 Å². The second-order valence-electron chi connectivity index (χ2n) is 3.23. The van der Waals surface area contributed by atoms with Gasteiger partial charge < -0.3 is 15.2 Å². The summed E-state index contributed by atoms with van der Waals surface area (Å²) >= 11 is 0. The van der Waals surface area contributed by atoms with Crippen LogP contribution in [-0.2, 0) is 6.54 Å². The van der Waals surface area contributed by atoms with Crippen molar-refractivity contribution in [3.8, 4) is 11.5 Å². The molecule has 0 saturated heterocycles. The lowest BCUT2D eigenvalue weighted by Gasteiger charge is -2.15. The Morgan fingerprint density at radius 3 is 2.21 bits per heavy atom. The number of nitrogens with two attached hydrogens (primary N) is 1. The molecule has 3 nitrogen and oxygen atoms in total. The molecule has 3 heteroatoms. The fourth-order valence-electron chi connectivity index (χ4n) is 1.55. The second-order valence-corrected chi connectivity index (χ2v) is 3.23. The van der Waals surface area contributed by atoms with Crippen molar-refractivity contribution in [2.45, 2.75) is 20.4 Å². The molecule has 0 aliphatic carbocycles. The largest absolute Gasteiger partial charge is 0.493 e. The minimum atomic E-state index is 0.521. The van der Waals surface area contributed by atoms with Crippen molar-refractivity contribution in [1.29, 1.82) is 0 Å². The number of benzene rings is 1. The highest BCUT2D eigenvalue weighted by atomic mass is 16.5. The van der Waals surface area contributed by atoms with Crippen LogP contribution in [0, 0.1) is 13.8 Å². The van der Waals surface area contributed by atoms with Gasteiger partial charge >= 0.3 is 0 Å². The van der Waals surface area contributed by atoms with Crippen molar-refractivity contribution in [2.75, 3.05) is 14.2 Å². The van der Waals surface area contributed by atoms with Crippen LogP contribution in [0.2, 0.25) is 0 Å². The zero-order valence-corrected chi connectivity index (χ0v) is 9.18. The van der Waals surface area contributed by atoms with Gasteiger partial charge in [0.2, 0.25) is 0 Å². The minimum Gasteiger partial charge on any atom is -0.493 e. The predicted octanol–water partition coefficient (Wildman–Crippen LogP) is 1.78. The van der Waals surface area contributed by atoms with Crippen LogP contribution in [0.4, 0.5) is 0 Å². The number of hydrogen-bond acceptors (Lipinski definition) is 3. The summed E-state index contributed by atoms with van der Waals surface area (Å²) in [5.41, 5.74) is 9.00. The number of ether oxygens (including phenoxy) is 2. The number of methoxy groups -OCH3 is 2. The zero-order chi connectivity index (χ0) is 10.7. The van der Waals surface area contributed by atoms with Gasteiger partial charge in [-0.25, -0.2) is 0 Å². The van der Waals surface area contributed by atoms with Gasteiger partial charge in [0.05, 0.1) is 14.2 Å². The van der Waals surface area contributed by atoms with Crippen molar-refractivity contribution in [3.05, 3.63) is 22.8 Å². The van der Waals surface area contributed by atoms with E-state index < -0.39 is 0 Å². The Hall–Kier alpha value is -1.22. The van der Waals surface area contributed by atoms with Crippen molar-refractivity contribution in [1.82, 2.24) is 0 Å².